The van der Waals surface area contributed by atoms with Crippen molar-refractivity contribution >= 4 is 0 Å². The van der Waals surface area contributed by atoms with E-state index >= 15 is 0 Å². The molecule has 1 aliphatic rings. The van der Waals surface area contributed by atoms with Gasteiger partial charge in [0.25, 0.3) is 0 Å². The molecule has 0 aromatic heterocycles. The zero-order valence-corrected chi connectivity index (χ0v) is 16.2. The van der Waals surface area contributed by atoms with Gasteiger partial charge in [0.1, 0.15) is 5.75 Å². The Morgan fingerprint density at radius 3 is 2.48 bits per heavy atom. The van der Waals surface area contributed by atoms with Crippen molar-refractivity contribution in [3.05, 3.63) is 65.7 Å². The second-order valence-corrected chi connectivity index (χ2v) is 7.41. The summed E-state index contributed by atoms with van der Waals surface area (Å²) < 4.78 is 11.0. The first-order valence-corrected chi connectivity index (χ1v) is 9.88. The predicted molar refractivity (Wildman–Crippen MR) is 108 cm³/mol. The predicted octanol–water partition coefficient (Wildman–Crippen LogP) is 3.53. The summed E-state index contributed by atoms with van der Waals surface area (Å²) in [5.41, 5.74) is 2.44. The molecule has 0 amide bonds. The first kappa shape index (κ1) is 19.9. The summed E-state index contributed by atoms with van der Waals surface area (Å²) >= 11 is 0. The highest BCUT2D eigenvalue weighted by Gasteiger charge is 2.21. The number of aliphatic hydroxyl groups excluding tert-OH is 1. The van der Waals surface area contributed by atoms with Crippen LogP contribution in [0.1, 0.15) is 24.0 Å². The molecule has 1 atom stereocenters. The van der Waals surface area contributed by atoms with Crippen molar-refractivity contribution in [2.75, 3.05) is 33.4 Å². The number of piperidine rings is 1. The van der Waals surface area contributed by atoms with Crippen molar-refractivity contribution in [1.29, 1.82) is 0 Å². The quantitative estimate of drug-likeness (QED) is 0.734. The molecule has 1 fully saturated rings. The third-order valence-corrected chi connectivity index (χ3v) is 5.30. The molecule has 3 rings (SSSR count). The Morgan fingerprint density at radius 2 is 1.74 bits per heavy atom. The van der Waals surface area contributed by atoms with Crippen LogP contribution in [0.2, 0.25) is 0 Å². The van der Waals surface area contributed by atoms with E-state index in [1.807, 2.05) is 24.3 Å². The molecule has 0 radical (unpaired) electrons. The molecule has 1 heterocycles. The highest BCUT2D eigenvalue weighted by Crippen LogP contribution is 2.22. The van der Waals surface area contributed by atoms with Gasteiger partial charge >= 0.3 is 0 Å². The van der Waals surface area contributed by atoms with Crippen LogP contribution >= 0.6 is 0 Å². The van der Waals surface area contributed by atoms with E-state index in [0.717, 1.165) is 30.3 Å². The van der Waals surface area contributed by atoms with Gasteiger partial charge in [-0.1, -0.05) is 48.5 Å². The van der Waals surface area contributed by atoms with E-state index in [9.17, 15) is 5.11 Å². The molecule has 1 aliphatic heterocycles. The van der Waals surface area contributed by atoms with E-state index in [4.69, 9.17) is 9.47 Å². The van der Waals surface area contributed by atoms with Crippen LogP contribution in [-0.2, 0) is 17.8 Å². The van der Waals surface area contributed by atoms with Crippen LogP contribution in [0.4, 0.5) is 0 Å². The summed E-state index contributed by atoms with van der Waals surface area (Å²) in [6.45, 7) is 3.61. The molecule has 1 unspecified atom stereocenters. The molecular formula is C23H31NO3. The van der Waals surface area contributed by atoms with E-state index in [0.29, 0.717) is 19.8 Å². The van der Waals surface area contributed by atoms with Crippen LogP contribution in [0.3, 0.4) is 0 Å². The molecule has 0 saturated carbocycles. The molecule has 4 nitrogen and oxygen atoms in total. The van der Waals surface area contributed by atoms with Crippen molar-refractivity contribution in [2.24, 2.45) is 5.92 Å². The van der Waals surface area contributed by atoms with E-state index in [1.54, 1.807) is 7.11 Å². The maximum atomic E-state index is 10.3. The van der Waals surface area contributed by atoms with Gasteiger partial charge in [-0.15, -0.1) is 0 Å². The molecule has 2 aromatic carbocycles. The number of hydrogen-bond acceptors (Lipinski definition) is 4. The van der Waals surface area contributed by atoms with Crippen LogP contribution in [0.25, 0.3) is 0 Å². The summed E-state index contributed by atoms with van der Waals surface area (Å²) in [6.07, 6.45) is 3.11. The standard InChI is InChI=1S/C23H31NO3/c1-26-23-10-6-5-9-21(23)17-27-18-22(25)16-24-13-11-20(12-14-24)15-19-7-3-2-4-8-19/h2-10,20,22,25H,11-18H2,1H3. The van der Waals surface area contributed by atoms with E-state index in [-0.39, 0.29) is 0 Å². The molecule has 2 aromatic rings. The first-order valence-electron chi connectivity index (χ1n) is 9.88. The zero-order valence-electron chi connectivity index (χ0n) is 16.2. The van der Waals surface area contributed by atoms with Gasteiger partial charge in [0.2, 0.25) is 0 Å². The molecule has 146 valence electrons. The van der Waals surface area contributed by atoms with Crippen LogP contribution in [-0.4, -0.2) is 49.5 Å². The normalized spacial score (nSPS) is 17.0. The number of nitrogens with zero attached hydrogens (tertiary/aromatic N) is 1. The minimum Gasteiger partial charge on any atom is -0.496 e. The maximum Gasteiger partial charge on any atom is 0.124 e. The molecule has 4 heteroatoms. The van der Waals surface area contributed by atoms with Gasteiger partial charge in [-0.05, 0) is 49.9 Å². The topological polar surface area (TPSA) is 41.9 Å². The van der Waals surface area contributed by atoms with Crippen molar-refractivity contribution in [3.63, 3.8) is 0 Å². The number of β-amino-alcohol motifs (C(OH)–C–C–N with tert-alkyl or cyclic N) is 1. The Hall–Kier alpha value is -1.88. The van der Waals surface area contributed by atoms with Crippen LogP contribution in [0.15, 0.2) is 54.6 Å². The number of likely N-dealkylation sites (tertiary alicyclic amines) is 1. The Morgan fingerprint density at radius 1 is 1.04 bits per heavy atom. The summed E-state index contributed by atoms with van der Waals surface area (Å²) in [5.74, 6) is 1.58. The average Bonchev–Trinajstić information content (AvgIpc) is 2.71. The third kappa shape index (κ3) is 6.35. The lowest BCUT2D eigenvalue weighted by molar-refractivity contribution is 0.00407. The minimum absolute atomic E-state index is 0.349. The molecule has 0 spiro atoms. The van der Waals surface area contributed by atoms with E-state index in [2.05, 4.69) is 35.2 Å². The highest BCUT2D eigenvalue weighted by molar-refractivity contribution is 5.32. The fraction of sp³-hybridized carbons (Fsp3) is 0.478. The second-order valence-electron chi connectivity index (χ2n) is 7.41. The van der Waals surface area contributed by atoms with Crippen LogP contribution in [0.5, 0.6) is 5.75 Å². The Kier molecular flexibility index (Phi) is 7.69. The van der Waals surface area contributed by atoms with Gasteiger partial charge in [-0.3, -0.25) is 0 Å². The second kappa shape index (κ2) is 10.5. The van der Waals surface area contributed by atoms with Crippen LogP contribution in [0, 0.1) is 5.92 Å². The maximum absolute atomic E-state index is 10.3. The van der Waals surface area contributed by atoms with Crippen molar-refractivity contribution < 1.29 is 14.6 Å². The summed E-state index contributed by atoms with van der Waals surface area (Å²) in [7, 11) is 1.66. The molecule has 1 saturated heterocycles. The highest BCUT2D eigenvalue weighted by atomic mass is 16.5. The van der Waals surface area contributed by atoms with Gasteiger partial charge < -0.3 is 19.5 Å². The number of methoxy groups -OCH3 is 1. The summed E-state index contributed by atoms with van der Waals surface area (Å²) in [6, 6.07) is 18.6. The molecule has 1 N–H and O–H groups in total. The number of rotatable bonds is 9. The lowest BCUT2D eigenvalue weighted by atomic mass is 9.90. The zero-order chi connectivity index (χ0) is 18.9. The molecule has 27 heavy (non-hydrogen) atoms. The van der Waals surface area contributed by atoms with Gasteiger partial charge in [0.15, 0.2) is 0 Å². The van der Waals surface area contributed by atoms with E-state index < -0.39 is 6.10 Å². The molecule has 0 aliphatic carbocycles. The van der Waals surface area contributed by atoms with Crippen molar-refractivity contribution in [2.45, 2.75) is 32.0 Å². The molecule has 0 bridgehead atoms. The van der Waals surface area contributed by atoms with Gasteiger partial charge in [-0.2, -0.15) is 0 Å². The SMILES string of the molecule is COc1ccccc1COCC(O)CN1CCC(Cc2ccccc2)CC1. The van der Waals surface area contributed by atoms with Crippen LogP contribution < -0.4 is 4.74 Å². The van der Waals surface area contributed by atoms with E-state index in [1.165, 1.54) is 24.8 Å². The number of benzene rings is 2. The Labute approximate surface area is 162 Å². The lowest BCUT2D eigenvalue weighted by Crippen LogP contribution is -2.40. The monoisotopic (exact) mass is 369 g/mol. The fourth-order valence-corrected chi connectivity index (χ4v) is 3.80. The van der Waals surface area contributed by atoms with Gasteiger partial charge in [-0.25, -0.2) is 0 Å². The third-order valence-electron chi connectivity index (χ3n) is 5.30. The number of ether oxygens (including phenoxy) is 2. The average molecular weight is 370 g/mol. The lowest BCUT2D eigenvalue weighted by Gasteiger charge is -2.33. The van der Waals surface area contributed by atoms with Crippen molar-refractivity contribution in [1.82, 2.24) is 4.90 Å². The minimum atomic E-state index is -0.453. The fourth-order valence-electron chi connectivity index (χ4n) is 3.80. The molecular weight excluding hydrogens is 338 g/mol. The summed E-state index contributed by atoms with van der Waals surface area (Å²) in [4.78, 5) is 2.36. The number of para-hydroxylation sites is 1. The van der Waals surface area contributed by atoms with Crippen molar-refractivity contribution in [3.8, 4) is 5.75 Å². The summed E-state index contributed by atoms with van der Waals surface area (Å²) in [5, 5.41) is 10.3. The largest absolute Gasteiger partial charge is 0.496 e. The van der Waals surface area contributed by atoms with Gasteiger partial charge in [0.05, 0.1) is 26.4 Å². The Bertz CT molecular complexity index is 668. The smallest absolute Gasteiger partial charge is 0.124 e. The number of hydrogen-bond donors (Lipinski definition) is 1. The number of aliphatic hydroxyl groups is 1. The first-order chi connectivity index (χ1) is 13.2. The Balaban J connectivity index is 1.34. The van der Waals surface area contributed by atoms with Gasteiger partial charge in [0, 0.05) is 12.1 Å².